The summed E-state index contributed by atoms with van der Waals surface area (Å²) in [6.07, 6.45) is 5.37. The van der Waals surface area contributed by atoms with Gasteiger partial charge in [0, 0.05) is 31.7 Å². The molecule has 2 N–H and O–H groups in total. The minimum absolute atomic E-state index is 0.0104. The number of carbonyl (C=O) groups is 1. The zero-order valence-electron chi connectivity index (χ0n) is 10.0. The molecule has 1 amide bonds. The van der Waals surface area contributed by atoms with E-state index in [2.05, 4.69) is 5.10 Å². The van der Waals surface area contributed by atoms with Gasteiger partial charge in [0.2, 0.25) is 5.91 Å². The van der Waals surface area contributed by atoms with Crippen LogP contribution < -0.4 is 5.73 Å². The van der Waals surface area contributed by atoms with Crippen LogP contribution in [0.15, 0.2) is 12.3 Å². The van der Waals surface area contributed by atoms with Gasteiger partial charge in [-0.05, 0) is 25.3 Å². The summed E-state index contributed by atoms with van der Waals surface area (Å²) >= 11 is 0. The summed E-state index contributed by atoms with van der Waals surface area (Å²) in [4.78, 5) is 14.1. The number of aromatic nitrogens is 2. The van der Waals surface area contributed by atoms with Crippen molar-refractivity contribution < 1.29 is 4.79 Å². The van der Waals surface area contributed by atoms with E-state index in [0.29, 0.717) is 12.5 Å². The summed E-state index contributed by atoms with van der Waals surface area (Å²) in [6, 6.07) is 2.42. The summed E-state index contributed by atoms with van der Waals surface area (Å²) in [5.74, 6) is 0.250. The van der Waals surface area contributed by atoms with E-state index in [-0.39, 0.29) is 18.0 Å². The van der Waals surface area contributed by atoms with Gasteiger partial charge in [0.05, 0.1) is 11.7 Å². The molecule has 3 rings (SSSR count). The van der Waals surface area contributed by atoms with Crippen molar-refractivity contribution in [2.75, 3.05) is 0 Å². The summed E-state index contributed by atoms with van der Waals surface area (Å²) < 4.78 is 1.83. The molecule has 2 fully saturated rings. The largest absolute Gasteiger partial charge is 0.330 e. The number of likely N-dealkylation sites (tertiary alicyclic amines) is 1. The Morgan fingerprint density at radius 1 is 1.41 bits per heavy atom. The lowest BCUT2D eigenvalue weighted by atomic mass is 9.93. The van der Waals surface area contributed by atoms with Crippen molar-refractivity contribution in [1.29, 1.82) is 0 Å². The molecule has 5 heteroatoms. The van der Waals surface area contributed by atoms with Crippen LogP contribution in [0.3, 0.4) is 0 Å². The van der Waals surface area contributed by atoms with Crippen LogP contribution >= 0.6 is 0 Å². The molecule has 2 heterocycles. The molecule has 5 nitrogen and oxygen atoms in total. The molecule has 1 aliphatic carbocycles. The Bertz CT molecular complexity index is 437. The van der Waals surface area contributed by atoms with Gasteiger partial charge in [0.1, 0.15) is 0 Å². The second-order valence-electron chi connectivity index (χ2n) is 5.06. The third-order valence-electron chi connectivity index (χ3n) is 3.79. The maximum atomic E-state index is 12.1. The van der Waals surface area contributed by atoms with Crippen LogP contribution in [-0.2, 0) is 11.8 Å². The highest BCUT2D eigenvalue weighted by atomic mass is 16.2. The molecule has 1 aliphatic heterocycles. The van der Waals surface area contributed by atoms with Crippen molar-refractivity contribution in [3.63, 3.8) is 0 Å². The van der Waals surface area contributed by atoms with Crippen LogP contribution in [-0.4, -0.2) is 32.7 Å². The fourth-order valence-corrected chi connectivity index (χ4v) is 2.76. The highest BCUT2D eigenvalue weighted by Crippen LogP contribution is 2.39. The molecule has 0 radical (unpaired) electrons. The lowest BCUT2D eigenvalue weighted by Gasteiger charge is -2.39. The first kappa shape index (κ1) is 10.8. The molecular formula is C12H18N4O. The molecule has 2 aliphatic rings. The van der Waals surface area contributed by atoms with Crippen molar-refractivity contribution in [3.8, 4) is 0 Å². The number of nitrogens with two attached hydrogens (primary N) is 1. The summed E-state index contributed by atoms with van der Waals surface area (Å²) in [5, 5.41) is 4.19. The van der Waals surface area contributed by atoms with E-state index < -0.39 is 0 Å². The minimum atomic E-state index is 0.0104. The number of piperidine rings is 1. The van der Waals surface area contributed by atoms with E-state index in [1.54, 1.807) is 6.20 Å². The molecule has 1 aromatic rings. The molecule has 17 heavy (non-hydrogen) atoms. The molecule has 1 saturated heterocycles. The van der Waals surface area contributed by atoms with E-state index in [0.717, 1.165) is 25.0 Å². The van der Waals surface area contributed by atoms with Gasteiger partial charge < -0.3 is 10.6 Å². The second kappa shape index (κ2) is 3.84. The minimum Gasteiger partial charge on any atom is -0.330 e. The van der Waals surface area contributed by atoms with E-state index in [1.165, 1.54) is 0 Å². The van der Waals surface area contributed by atoms with Crippen LogP contribution in [0.2, 0.25) is 0 Å². The van der Waals surface area contributed by atoms with Gasteiger partial charge >= 0.3 is 0 Å². The third kappa shape index (κ3) is 1.74. The summed E-state index contributed by atoms with van der Waals surface area (Å²) in [7, 11) is 1.91. The standard InChI is InChI=1S/C12H18N4O/c1-15-10(6-7-14-15)12-9(13)4-5-11(17)16(12)8-2-3-8/h6-9,12H,2-5,13H2,1H3/t9-,12-/m1/s1. The number of carbonyl (C=O) groups excluding carboxylic acids is 1. The smallest absolute Gasteiger partial charge is 0.223 e. The Balaban J connectivity index is 1.97. The first-order valence-electron chi connectivity index (χ1n) is 6.23. The van der Waals surface area contributed by atoms with Crippen molar-refractivity contribution in [1.82, 2.24) is 14.7 Å². The van der Waals surface area contributed by atoms with Gasteiger partial charge in [-0.2, -0.15) is 5.10 Å². The average molecular weight is 234 g/mol. The highest BCUT2D eigenvalue weighted by molar-refractivity contribution is 5.78. The fourth-order valence-electron chi connectivity index (χ4n) is 2.76. The van der Waals surface area contributed by atoms with Crippen LogP contribution in [0.25, 0.3) is 0 Å². The monoisotopic (exact) mass is 234 g/mol. The van der Waals surface area contributed by atoms with Crippen LogP contribution in [0.5, 0.6) is 0 Å². The molecule has 0 unspecified atom stereocenters. The zero-order chi connectivity index (χ0) is 12.0. The first-order valence-corrected chi connectivity index (χ1v) is 6.23. The molecule has 92 valence electrons. The number of amides is 1. The normalized spacial score (nSPS) is 29.8. The van der Waals surface area contributed by atoms with Crippen LogP contribution in [0.4, 0.5) is 0 Å². The summed E-state index contributed by atoms with van der Waals surface area (Å²) in [6.45, 7) is 0. The predicted molar refractivity (Wildman–Crippen MR) is 63.0 cm³/mol. The van der Waals surface area contributed by atoms with Gasteiger partial charge in [-0.25, -0.2) is 0 Å². The van der Waals surface area contributed by atoms with Crippen LogP contribution in [0.1, 0.15) is 37.4 Å². The van der Waals surface area contributed by atoms with Crippen molar-refractivity contribution in [2.24, 2.45) is 12.8 Å². The molecule has 0 aromatic carbocycles. The SMILES string of the molecule is Cn1nccc1[C@H]1[C@H](N)CCC(=O)N1C1CC1. The van der Waals surface area contributed by atoms with Gasteiger partial charge in [0.15, 0.2) is 0 Å². The van der Waals surface area contributed by atoms with Crippen molar-refractivity contribution in [2.45, 2.75) is 43.8 Å². The predicted octanol–water partition coefficient (Wildman–Crippen LogP) is 0.573. The topological polar surface area (TPSA) is 64.2 Å². The lowest BCUT2D eigenvalue weighted by molar-refractivity contribution is -0.138. The summed E-state index contributed by atoms with van der Waals surface area (Å²) in [5.41, 5.74) is 7.28. The van der Waals surface area contributed by atoms with E-state index in [1.807, 2.05) is 22.7 Å². The Kier molecular flexibility index (Phi) is 2.43. The Hall–Kier alpha value is -1.36. The van der Waals surface area contributed by atoms with Gasteiger partial charge in [0.25, 0.3) is 0 Å². The fraction of sp³-hybridized carbons (Fsp3) is 0.667. The van der Waals surface area contributed by atoms with Crippen molar-refractivity contribution in [3.05, 3.63) is 18.0 Å². The molecule has 1 aromatic heterocycles. The quantitative estimate of drug-likeness (QED) is 0.813. The second-order valence-corrected chi connectivity index (χ2v) is 5.06. The maximum Gasteiger partial charge on any atom is 0.223 e. The van der Waals surface area contributed by atoms with Crippen molar-refractivity contribution >= 4 is 5.91 Å². The van der Waals surface area contributed by atoms with Gasteiger partial charge in [-0.1, -0.05) is 0 Å². The Labute approximate surface area is 101 Å². The number of aryl methyl sites for hydroxylation is 1. The average Bonchev–Trinajstić information content (AvgIpc) is 3.05. The van der Waals surface area contributed by atoms with Crippen LogP contribution in [0, 0.1) is 0 Å². The third-order valence-corrected chi connectivity index (χ3v) is 3.79. The van der Waals surface area contributed by atoms with E-state index in [4.69, 9.17) is 5.73 Å². The number of rotatable bonds is 2. The first-order chi connectivity index (χ1) is 8.18. The van der Waals surface area contributed by atoms with E-state index in [9.17, 15) is 4.79 Å². The molecule has 1 saturated carbocycles. The molecule has 2 atom stereocenters. The van der Waals surface area contributed by atoms with Gasteiger partial charge in [-0.15, -0.1) is 0 Å². The molecule has 0 bridgehead atoms. The maximum absolute atomic E-state index is 12.1. The Morgan fingerprint density at radius 2 is 2.18 bits per heavy atom. The zero-order valence-corrected chi connectivity index (χ0v) is 10.0. The number of nitrogens with zero attached hydrogens (tertiary/aromatic N) is 3. The molecule has 0 spiro atoms. The Morgan fingerprint density at radius 3 is 2.76 bits per heavy atom. The number of hydrogen-bond acceptors (Lipinski definition) is 3. The highest BCUT2D eigenvalue weighted by Gasteiger charge is 2.43. The van der Waals surface area contributed by atoms with Gasteiger partial charge in [-0.3, -0.25) is 9.48 Å². The van der Waals surface area contributed by atoms with E-state index >= 15 is 0 Å². The molecular weight excluding hydrogens is 216 g/mol. The lowest BCUT2D eigenvalue weighted by Crippen LogP contribution is -2.50. The number of hydrogen-bond donors (Lipinski definition) is 1.